The number of carbonyl (C=O) groups excluding carboxylic acids is 1. The van der Waals surface area contributed by atoms with Crippen LogP contribution in [0.2, 0.25) is 0 Å². The molecule has 0 bridgehead atoms. The number of hydrogen-bond donors (Lipinski definition) is 1. The number of amides is 1. The van der Waals surface area contributed by atoms with Crippen LogP contribution in [0.5, 0.6) is 5.75 Å². The van der Waals surface area contributed by atoms with Crippen molar-refractivity contribution in [3.8, 4) is 17.0 Å². The van der Waals surface area contributed by atoms with E-state index in [1.807, 2.05) is 19.1 Å². The van der Waals surface area contributed by atoms with Gasteiger partial charge in [0.2, 0.25) is 5.76 Å². The number of benzene rings is 1. The lowest BCUT2D eigenvalue weighted by molar-refractivity contribution is 0.0745. The minimum Gasteiger partial charge on any atom is -0.497 e. The molecule has 2 rings (SSSR count). The fourth-order valence-corrected chi connectivity index (χ4v) is 2.41. The molecule has 1 aromatic carbocycles. The SMILES string of the molecule is CCCN(C)C(=O)c1onc(-c2ccc(OC)cc2)c1C(C)O. The van der Waals surface area contributed by atoms with Gasteiger partial charge in [0.05, 0.1) is 18.8 Å². The molecule has 1 amide bonds. The smallest absolute Gasteiger partial charge is 0.292 e. The molecule has 0 spiro atoms. The third kappa shape index (κ3) is 3.53. The van der Waals surface area contributed by atoms with Gasteiger partial charge in [-0.1, -0.05) is 12.1 Å². The highest BCUT2D eigenvalue weighted by Gasteiger charge is 2.28. The Kier molecular flexibility index (Phi) is 5.39. The predicted octanol–water partition coefficient (Wildman–Crippen LogP) is 2.89. The molecule has 6 nitrogen and oxygen atoms in total. The zero-order chi connectivity index (χ0) is 17.0. The molecule has 2 aromatic rings. The van der Waals surface area contributed by atoms with Gasteiger partial charge < -0.3 is 19.3 Å². The molecule has 6 heteroatoms. The predicted molar refractivity (Wildman–Crippen MR) is 86.4 cm³/mol. The summed E-state index contributed by atoms with van der Waals surface area (Å²) in [6, 6.07) is 7.21. The van der Waals surface area contributed by atoms with E-state index in [4.69, 9.17) is 9.26 Å². The lowest BCUT2D eigenvalue weighted by Gasteiger charge is -2.15. The van der Waals surface area contributed by atoms with Gasteiger partial charge in [-0.25, -0.2) is 0 Å². The molecule has 1 heterocycles. The van der Waals surface area contributed by atoms with Gasteiger partial charge in [-0.3, -0.25) is 4.79 Å². The van der Waals surface area contributed by atoms with Crippen LogP contribution in [0.3, 0.4) is 0 Å². The van der Waals surface area contributed by atoms with Crippen LogP contribution < -0.4 is 4.74 Å². The van der Waals surface area contributed by atoms with Crippen molar-refractivity contribution in [2.75, 3.05) is 20.7 Å². The van der Waals surface area contributed by atoms with Gasteiger partial charge in [0, 0.05) is 19.2 Å². The summed E-state index contributed by atoms with van der Waals surface area (Å²) in [7, 11) is 3.29. The average molecular weight is 318 g/mol. The maximum atomic E-state index is 12.5. The quantitative estimate of drug-likeness (QED) is 0.886. The van der Waals surface area contributed by atoms with E-state index < -0.39 is 6.10 Å². The molecule has 124 valence electrons. The Balaban J connectivity index is 2.43. The summed E-state index contributed by atoms with van der Waals surface area (Å²) in [6.07, 6.45) is -0.0292. The van der Waals surface area contributed by atoms with Crippen molar-refractivity contribution in [3.63, 3.8) is 0 Å². The van der Waals surface area contributed by atoms with E-state index in [0.717, 1.165) is 17.7 Å². The summed E-state index contributed by atoms with van der Waals surface area (Å²) in [5, 5.41) is 14.1. The van der Waals surface area contributed by atoms with Crippen LogP contribution in [0.4, 0.5) is 0 Å². The van der Waals surface area contributed by atoms with Crippen molar-refractivity contribution >= 4 is 5.91 Å². The van der Waals surface area contributed by atoms with E-state index in [-0.39, 0.29) is 11.7 Å². The van der Waals surface area contributed by atoms with Crippen molar-refractivity contribution in [1.29, 1.82) is 0 Å². The largest absolute Gasteiger partial charge is 0.497 e. The summed E-state index contributed by atoms with van der Waals surface area (Å²) >= 11 is 0. The third-order valence-electron chi connectivity index (χ3n) is 3.61. The highest BCUT2D eigenvalue weighted by Crippen LogP contribution is 2.32. The Hall–Kier alpha value is -2.34. The molecular formula is C17H22N2O4. The van der Waals surface area contributed by atoms with Gasteiger partial charge in [-0.05, 0) is 37.6 Å². The molecule has 0 radical (unpaired) electrons. The monoisotopic (exact) mass is 318 g/mol. The summed E-state index contributed by atoms with van der Waals surface area (Å²) < 4.78 is 10.4. The first-order valence-electron chi connectivity index (χ1n) is 7.57. The number of hydrogen-bond acceptors (Lipinski definition) is 5. The number of ether oxygens (including phenoxy) is 1. The highest BCUT2D eigenvalue weighted by atomic mass is 16.5. The molecule has 23 heavy (non-hydrogen) atoms. The first kappa shape index (κ1) is 17.0. The van der Waals surface area contributed by atoms with Crippen molar-refractivity contribution in [2.24, 2.45) is 0 Å². The summed E-state index contributed by atoms with van der Waals surface area (Å²) in [6.45, 7) is 4.19. The first-order chi connectivity index (χ1) is 11.0. The molecule has 0 aliphatic carbocycles. The van der Waals surface area contributed by atoms with Crippen LogP contribution in [0.25, 0.3) is 11.3 Å². The fraction of sp³-hybridized carbons (Fsp3) is 0.412. The van der Waals surface area contributed by atoms with E-state index in [2.05, 4.69) is 5.16 Å². The van der Waals surface area contributed by atoms with E-state index in [0.29, 0.717) is 17.8 Å². The van der Waals surface area contributed by atoms with Crippen LogP contribution in [0.1, 0.15) is 42.5 Å². The van der Waals surface area contributed by atoms with Crippen LogP contribution in [0, 0.1) is 0 Å². The number of methoxy groups -OCH3 is 1. The molecular weight excluding hydrogens is 296 g/mol. The topological polar surface area (TPSA) is 75.8 Å². The highest BCUT2D eigenvalue weighted by molar-refractivity contribution is 5.94. The van der Waals surface area contributed by atoms with Crippen LogP contribution in [-0.4, -0.2) is 41.8 Å². The number of aliphatic hydroxyl groups is 1. The summed E-state index contributed by atoms with van der Waals surface area (Å²) in [5.41, 5.74) is 1.63. The Morgan fingerprint density at radius 2 is 2.04 bits per heavy atom. The number of aromatic nitrogens is 1. The normalized spacial score (nSPS) is 12.0. The van der Waals surface area contributed by atoms with E-state index in [9.17, 15) is 9.90 Å². The zero-order valence-electron chi connectivity index (χ0n) is 13.9. The van der Waals surface area contributed by atoms with Gasteiger partial charge in [0.25, 0.3) is 5.91 Å². The zero-order valence-corrected chi connectivity index (χ0v) is 13.9. The van der Waals surface area contributed by atoms with E-state index in [1.165, 1.54) is 0 Å². The number of nitrogens with zero attached hydrogens (tertiary/aromatic N) is 2. The Labute approximate surface area is 135 Å². The van der Waals surface area contributed by atoms with E-state index in [1.54, 1.807) is 38.1 Å². The van der Waals surface area contributed by atoms with Crippen LogP contribution >= 0.6 is 0 Å². The third-order valence-corrected chi connectivity index (χ3v) is 3.61. The molecule has 0 aliphatic rings. The molecule has 1 N–H and O–H groups in total. The van der Waals surface area contributed by atoms with Gasteiger partial charge in [-0.15, -0.1) is 0 Å². The second kappa shape index (κ2) is 7.28. The summed E-state index contributed by atoms with van der Waals surface area (Å²) in [4.78, 5) is 14.0. The fourth-order valence-electron chi connectivity index (χ4n) is 2.41. The molecule has 0 aliphatic heterocycles. The molecule has 0 saturated carbocycles. The summed E-state index contributed by atoms with van der Waals surface area (Å²) in [5.74, 6) is 0.520. The molecule has 1 atom stereocenters. The number of aliphatic hydroxyl groups excluding tert-OH is 1. The Morgan fingerprint density at radius 3 is 2.57 bits per heavy atom. The Morgan fingerprint density at radius 1 is 1.39 bits per heavy atom. The number of rotatable bonds is 6. The van der Waals surface area contributed by atoms with Gasteiger partial charge >= 0.3 is 0 Å². The van der Waals surface area contributed by atoms with Crippen LogP contribution in [0.15, 0.2) is 28.8 Å². The lowest BCUT2D eigenvalue weighted by atomic mass is 10.0. The number of carbonyl (C=O) groups is 1. The average Bonchev–Trinajstić information content (AvgIpc) is 2.99. The molecule has 0 saturated heterocycles. The minimum absolute atomic E-state index is 0.0850. The van der Waals surface area contributed by atoms with Crippen molar-refractivity contribution in [3.05, 3.63) is 35.6 Å². The lowest BCUT2D eigenvalue weighted by Crippen LogP contribution is -2.28. The molecule has 1 aromatic heterocycles. The standard InChI is InChI=1S/C17H22N2O4/c1-5-10-19(3)17(21)16-14(11(2)20)15(18-23-16)12-6-8-13(22-4)9-7-12/h6-9,11,20H,5,10H2,1-4H3. The van der Waals surface area contributed by atoms with Crippen LogP contribution in [-0.2, 0) is 0 Å². The van der Waals surface area contributed by atoms with Gasteiger partial charge in [0.1, 0.15) is 11.4 Å². The van der Waals surface area contributed by atoms with Crippen molar-refractivity contribution in [1.82, 2.24) is 10.1 Å². The van der Waals surface area contributed by atoms with Gasteiger partial charge in [-0.2, -0.15) is 0 Å². The van der Waals surface area contributed by atoms with Gasteiger partial charge in [0.15, 0.2) is 0 Å². The second-order valence-corrected chi connectivity index (χ2v) is 5.41. The van der Waals surface area contributed by atoms with E-state index >= 15 is 0 Å². The maximum Gasteiger partial charge on any atom is 0.292 e. The Bertz CT molecular complexity index is 662. The van der Waals surface area contributed by atoms with Crippen molar-refractivity contribution in [2.45, 2.75) is 26.4 Å². The molecule has 0 fully saturated rings. The second-order valence-electron chi connectivity index (χ2n) is 5.41. The molecule has 1 unspecified atom stereocenters. The maximum absolute atomic E-state index is 12.5. The minimum atomic E-state index is -0.868. The van der Waals surface area contributed by atoms with Crippen molar-refractivity contribution < 1.29 is 19.2 Å². The first-order valence-corrected chi connectivity index (χ1v) is 7.57.